The lowest BCUT2D eigenvalue weighted by Gasteiger charge is -2.35. The molecule has 1 atom stereocenters. The summed E-state index contributed by atoms with van der Waals surface area (Å²) in [7, 11) is 3.22. The van der Waals surface area contributed by atoms with Crippen LogP contribution in [0.25, 0.3) is 10.6 Å². The number of rotatable bonds is 6. The van der Waals surface area contributed by atoms with Crippen LogP contribution in [0, 0.1) is 0 Å². The van der Waals surface area contributed by atoms with E-state index >= 15 is 0 Å². The summed E-state index contributed by atoms with van der Waals surface area (Å²) in [6, 6.07) is 5.87. The van der Waals surface area contributed by atoms with Gasteiger partial charge in [0.25, 0.3) is 0 Å². The Kier molecular flexibility index (Phi) is 6.11. The van der Waals surface area contributed by atoms with Crippen molar-refractivity contribution in [2.45, 2.75) is 31.7 Å². The number of benzene rings is 1. The molecule has 0 aliphatic carbocycles. The number of methoxy groups -OCH3 is 2. The molecule has 2 N–H and O–H groups in total. The van der Waals surface area contributed by atoms with Crippen LogP contribution in [0.15, 0.2) is 23.6 Å². The van der Waals surface area contributed by atoms with Crippen LogP contribution in [0.5, 0.6) is 11.5 Å². The summed E-state index contributed by atoms with van der Waals surface area (Å²) < 4.78 is 10.6. The Bertz CT molecular complexity index is 762. The average Bonchev–Trinajstić information content (AvgIpc) is 3.15. The third-order valence-corrected chi connectivity index (χ3v) is 5.67. The molecule has 2 aromatic rings. The molecule has 1 saturated heterocycles. The maximum absolute atomic E-state index is 12.7. The molecule has 1 aliphatic rings. The highest BCUT2D eigenvalue weighted by Gasteiger charge is 2.26. The van der Waals surface area contributed by atoms with E-state index < -0.39 is 0 Å². The molecule has 0 bridgehead atoms. The Morgan fingerprint density at radius 2 is 2.12 bits per heavy atom. The molecule has 1 aromatic carbocycles. The van der Waals surface area contributed by atoms with Crippen molar-refractivity contribution in [1.82, 2.24) is 9.88 Å². The van der Waals surface area contributed by atoms with Crippen molar-refractivity contribution in [3.05, 3.63) is 29.3 Å². The molecule has 7 heteroatoms. The molecule has 1 amide bonds. The van der Waals surface area contributed by atoms with Crippen LogP contribution in [0.4, 0.5) is 0 Å². The second-order valence-corrected chi connectivity index (χ2v) is 7.22. The van der Waals surface area contributed by atoms with Crippen LogP contribution in [0.3, 0.4) is 0 Å². The molecule has 2 heterocycles. The second-order valence-electron chi connectivity index (χ2n) is 6.36. The molecule has 0 spiro atoms. The van der Waals surface area contributed by atoms with Crippen molar-refractivity contribution in [3.63, 3.8) is 0 Å². The van der Waals surface area contributed by atoms with Crippen molar-refractivity contribution in [2.75, 3.05) is 27.3 Å². The number of thiazole rings is 1. The number of ether oxygens (including phenoxy) is 2. The fraction of sp³-hybridized carbons (Fsp3) is 0.474. The van der Waals surface area contributed by atoms with Gasteiger partial charge in [-0.05, 0) is 37.5 Å². The summed E-state index contributed by atoms with van der Waals surface area (Å²) in [5.41, 5.74) is 7.57. The maximum atomic E-state index is 12.7. The summed E-state index contributed by atoms with van der Waals surface area (Å²) in [6.07, 6.45) is 3.51. The van der Waals surface area contributed by atoms with E-state index in [1.165, 1.54) is 11.3 Å². The largest absolute Gasteiger partial charge is 0.493 e. The molecule has 1 unspecified atom stereocenters. The number of amides is 1. The zero-order chi connectivity index (χ0) is 18.5. The first kappa shape index (κ1) is 18.7. The number of carbonyl (C=O) groups is 1. The lowest BCUT2D eigenvalue weighted by atomic mass is 10.0. The zero-order valence-corrected chi connectivity index (χ0v) is 16.1. The van der Waals surface area contributed by atoms with Crippen LogP contribution in [0.2, 0.25) is 0 Å². The number of likely N-dealkylation sites (tertiary alicyclic amines) is 1. The van der Waals surface area contributed by atoms with Gasteiger partial charge in [-0.3, -0.25) is 4.79 Å². The van der Waals surface area contributed by atoms with Gasteiger partial charge in [-0.2, -0.15) is 0 Å². The Morgan fingerprint density at radius 3 is 2.85 bits per heavy atom. The Hall–Kier alpha value is -2.12. The first-order valence-electron chi connectivity index (χ1n) is 8.82. The van der Waals surface area contributed by atoms with Crippen molar-refractivity contribution in [1.29, 1.82) is 0 Å². The van der Waals surface area contributed by atoms with Gasteiger partial charge < -0.3 is 20.1 Å². The molecule has 1 aromatic heterocycles. The Morgan fingerprint density at radius 1 is 1.31 bits per heavy atom. The normalized spacial score (nSPS) is 17.2. The first-order chi connectivity index (χ1) is 12.7. The fourth-order valence-corrected chi connectivity index (χ4v) is 4.14. The summed E-state index contributed by atoms with van der Waals surface area (Å²) in [5, 5.41) is 2.81. The van der Waals surface area contributed by atoms with Crippen molar-refractivity contribution >= 4 is 17.2 Å². The van der Waals surface area contributed by atoms with E-state index in [-0.39, 0.29) is 11.9 Å². The molecule has 0 saturated carbocycles. The fourth-order valence-electron chi connectivity index (χ4n) is 3.32. The molecule has 0 radical (unpaired) electrons. The average molecular weight is 375 g/mol. The molecule has 1 aliphatic heterocycles. The number of carbonyl (C=O) groups excluding carboxylic acids is 1. The number of piperidine rings is 1. The third-order valence-electron chi connectivity index (χ3n) is 4.73. The number of nitrogens with two attached hydrogens (primary N) is 1. The lowest BCUT2D eigenvalue weighted by Crippen LogP contribution is -2.48. The Balaban J connectivity index is 1.72. The van der Waals surface area contributed by atoms with E-state index in [9.17, 15) is 4.79 Å². The van der Waals surface area contributed by atoms with Gasteiger partial charge in [0.05, 0.1) is 26.3 Å². The highest BCUT2D eigenvalue weighted by molar-refractivity contribution is 7.13. The summed E-state index contributed by atoms with van der Waals surface area (Å²) in [5.74, 6) is 1.46. The highest BCUT2D eigenvalue weighted by atomic mass is 32.1. The minimum absolute atomic E-state index is 0.115. The van der Waals surface area contributed by atoms with Crippen LogP contribution in [0.1, 0.15) is 25.0 Å². The molecule has 1 fully saturated rings. The van der Waals surface area contributed by atoms with Gasteiger partial charge in [0.1, 0.15) is 5.01 Å². The molecule has 6 nitrogen and oxygen atoms in total. The van der Waals surface area contributed by atoms with Crippen LogP contribution in [-0.2, 0) is 11.2 Å². The summed E-state index contributed by atoms with van der Waals surface area (Å²) >= 11 is 1.53. The molecule has 3 rings (SSSR count). The smallest absolute Gasteiger partial charge is 0.228 e. The van der Waals surface area contributed by atoms with Gasteiger partial charge in [-0.1, -0.05) is 0 Å². The van der Waals surface area contributed by atoms with Crippen LogP contribution < -0.4 is 15.2 Å². The highest BCUT2D eigenvalue weighted by Crippen LogP contribution is 2.33. The molecule has 26 heavy (non-hydrogen) atoms. The number of hydrogen-bond acceptors (Lipinski definition) is 6. The van der Waals surface area contributed by atoms with E-state index in [0.717, 1.165) is 42.1 Å². The third kappa shape index (κ3) is 3.99. The van der Waals surface area contributed by atoms with Crippen molar-refractivity contribution in [3.8, 4) is 22.1 Å². The minimum atomic E-state index is 0.115. The van der Waals surface area contributed by atoms with Gasteiger partial charge in [-0.25, -0.2) is 4.98 Å². The van der Waals surface area contributed by atoms with E-state index in [4.69, 9.17) is 15.2 Å². The predicted octanol–water partition coefficient (Wildman–Crippen LogP) is 2.71. The second kappa shape index (κ2) is 8.51. The van der Waals surface area contributed by atoms with Gasteiger partial charge in [-0.15, -0.1) is 11.3 Å². The van der Waals surface area contributed by atoms with E-state index in [1.54, 1.807) is 14.2 Å². The number of nitrogens with zero attached hydrogens (tertiary/aromatic N) is 2. The predicted molar refractivity (Wildman–Crippen MR) is 103 cm³/mol. The SMILES string of the molecule is COc1ccc(-c2nc(CC(=O)N3CCCCC3CN)cs2)cc1OC. The minimum Gasteiger partial charge on any atom is -0.493 e. The van der Waals surface area contributed by atoms with Crippen LogP contribution in [-0.4, -0.2) is 49.1 Å². The van der Waals surface area contributed by atoms with Gasteiger partial charge in [0, 0.05) is 30.1 Å². The summed E-state index contributed by atoms with van der Waals surface area (Å²) in [4.78, 5) is 19.2. The lowest BCUT2D eigenvalue weighted by molar-refractivity contribution is -0.133. The molecule has 140 valence electrons. The van der Waals surface area contributed by atoms with E-state index in [1.807, 2.05) is 28.5 Å². The Labute approximate surface area is 157 Å². The monoisotopic (exact) mass is 375 g/mol. The first-order valence-corrected chi connectivity index (χ1v) is 9.70. The number of aromatic nitrogens is 1. The molecular weight excluding hydrogens is 350 g/mol. The quantitative estimate of drug-likeness (QED) is 0.840. The van der Waals surface area contributed by atoms with Gasteiger partial charge >= 0.3 is 0 Å². The van der Waals surface area contributed by atoms with E-state index in [0.29, 0.717) is 24.5 Å². The van der Waals surface area contributed by atoms with E-state index in [2.05, 4.69) is 4.98 Å². The van der Waals surface area contributed by atoms with Gasteiger partial charge in [0.15, 0.2) is 11.5 Å². The molecular formula is C19H25N3O3S. The van der Waals surface area contributed by atoms with Gasteiger partial charge in [0.2, 0.25) is 5.91 Å². The standard InChI is InChI=1S/C19H25N3O3S/c1-24-16-7-6-13(9-17(16)25-2)19-21-14(12-26-19)10-18(23)22-8-4-3-5-15(22)11-20/h6-7,9,12,15H,3-5,8,10-11,20H2,1-2H3. The number of hydrogen-bond donors (Lipinski definition) is 1. The topological polar surface area (TPSA) is 77.7 Å². The van der Waals surface area contributed by atoms with Crippen LogP contribution >= 0.6 is 11.3 Å². The summed E-state index contributed by atoms with van der Waals surface area (Å²) in [6.45, 7) is 1.33. The van der Waals surface area contributed by atoms with Crippen molar-refractivity contribution < 1.29 is 14.3 Å². The maximum Gasteiger partial charge on any atom is 0.228 e. The van der Waals surface area contributed by atoms with Crippen molar-refractivity contribution in [2.24, 2.45) is 5.73 Å². The zero-order valence-electron chi connectivity index (χ0n) is 15.2.